The highest BCUT2D eigenvalue weighted by Gasteiger charge is 2.28. The number of hydrogen-bond acceptors (Lipinski definition) is 3. The predicted octanol–water partition coefficient (Wildman–Crippen LogP) is 2.66. The summed E-state index contributed by atoms with van der Waals surface area (Å²) >= 11 is 0. The minimum atomic E-state index is -4.55. The minimum Gasteiger partial charge on any atom is -0.343 e. The van der Waals surface area contributed by atoms with E-state index in [-0.39, 0.29) is 21.8 Å². The van der Waals surface area contributed by atoms with Crippen molar-refractivity contribution >= 4 is 16.7 Å². The molecule has 1 aromatic carbocycles. The Hall–Kier alpha value is -2.23. The van der Waals surface area contributed by atoms with Gasteiger partial charge in [0.2, 0.25) is 0 Å². The van der Waals surface area contributed by atoms with Gasteiger partial charge in [0.05, 0.1) is 10.8 Å². The molecule has 25 heavy (non-hydrogen) atoms. The van der Waals surface area contributed by atoms with Gasteiger partial charge >= 0.3 is 6.18 Å². The molecule has 10 heteroatoms. The van der Waals surface area contributed by atoms with Crippen LogP contribution >= 0.6 is 0 Å². The van der Waals surface area contributed by atoms with Gasteiger partial charge in [-0.2, -0.15) is 18.3 Å². The van der Waals surface area contributed by atoms with Crippen LogP contribution in [0.15, 0.2) is 23.2 Å². The molecule has 1 aromatic heterocycles. The number of amides is 1. The number of halogens is 4. The number of carbonyl (C=O) groups is 1. The second kappa shape index (κ2) is 6.95. The fourth-order valence-corrected chi connectivity index (χ4v) is 2.71. The van der Waals surface area contributed by atoms with E-state index in [0.29, 0.717) is 5.69 Å². The molecule has 0 radical (unpaired) electrons. The molecule has 5 nitrogen and oxygen atoms in total. The van der Waals surface area contributed by atoms with Crippen LogP contribution in [-0.2, 0) is 10.8 Å². The molecule has 0 aliphatic rings. The molecule has 0 aliphatic heterocycles. The van der Waals surface area contributed by atoms with Gasteiger partial charge in [-0.1, -0.05) is 0 Å². The summed E-state index contributed by atoms with van der Waals surface area (Å²) in [5, 5.41) is 5.99. The molecule has 1 unspecified atom stereocenters. The van der Waals surface area contributed by atoms with E-state index in [1.165, 1.54) is 19.2 Å². The van der Waals surface area contributed by atoms with Crippen LogP contribution in [0, 0.1) is 19.7 Å². The lowest BCUT2D eigenvalue weighted by molar-refractivity contribution is -0.123. The zero-order valence-electron chi connectivity index (χ0n) is 13.6. The molecular formula is C15H15F4N3O2S. The van der Waals surface area contributed by atoms with Crippen LogP contribution in [0.25, 0.3) is 5.69 Å². The summed E-state index contributed by atoms with van der Waals surface area (Å²) in [6.45, 7) is 1.53. The number of alkyl halides is 3. The largest absolute Gasteiger partial charge is 0.405 e. The number of hydrogen-bond donors (Lipinski definition) is 1. The number of rotatable bonds is 4. The third kappa shape index (κ3) is 4.44. The summed E-state index contributed by atoms with van der Waals surface area (Å²) in [6.07, 6.45) is -3.14. The maximum absolute atomic E-state index is 14.3. The van der Waals surface area contributed by atoms with Crippen molar-refractivity contribution in [2.24, 2.45) is 0 Å². The average Bonchev–Trinajstić information content (AvgIpc) is 2.86. The zero-order chi connectivity index (χ0) is 18.9. The van der Waals surface area contributed by atoms with E-state index in [0.717, 1.165) is 16.8 Å². The number of aromatic nitrogens is 2. The fourth-order valence-electron chi connectivity index (χ4n) is 2.17. The first-order valence-corrected chi connectivity index (χ1v) is 8.61. The van der Waals surface area contributed by atoms with E-state index >= 15 is 0 Å². The molecule has 0 aliphatic carbocycles. The maximum atomic E-state index is 14.3. The summed E-state index contributed by atoms with van der Waals surface area (Å²) < 4.78 is 63.7. The van der Waals surface area contributed by atoms with E-state index in [1.807, 2.05) is 0 Å². The van der Waals surface area contributed by atoms with Crippen molar-refractivity contribution in [2.45, 2.75) is 25.0 Å². The predicted molar refractivity (Wildman–Crippen MR) is 83.7 cm³/mol. The summed E-state index contributed by atoms with van der Waals surface area (Å²) in [6, 6.07) is 3.67. The maximum Gasteiger partial charge on any atom is 0.405 e. The molecule has 1 N–H and O–H groups in total. The number of nitrogens with zero attached hydrogens (tertiary/aromatic N) is 2. The standard InChI is InChI=1S/C15H15F4N3O2S/c1-8-4-11(16)12(22-9(2)5-13(21-22)25(3)24)6-10(8)14(23)20-7-15(17,18)19/h4-6H,7H2,1-3H3,(H,20,23). The van der Waals surface area contributed by atoms with Crippen molar-refractivity contribution in [3.05, 3.63) is 40.8 Å². The van der Waals surface area contributed by atoms with Crippen LogP contribution in [0.3, 0.4) is 0 Å². The van der Waals surface area contributed by atoms with Gasteiger partial charge in [-0.15, -0.1) is 0 Å². The lowest BCUT2D eigenvalue weighted by Crippen LogP contribution is -2.34. The molecule has 1 atom stereocenters. The van der Waals surface area contributed by atoms with Crippen LogP contribution < -0.4 is 5.32 Å². The Kier molecular flexibility index (Phi) is 5.31. The van der Waals surface area contributed by atoms with E-state index in [4.69, 9.17) is 0 Å². The Morgan fingerprint density at radius 1 is 1.28 bits per heavy atom. The normalized spacial score (nSPS) is 12.9. The van der Waals surface area contributed by atoms with Crippen LogP contribution in [0.2, 0.25) is 0 Å². The zero-order valence-corrected chi connectivity index (χ0v) is 14.4. The van der Waals surface area contributed by atoms with Crippen LogP contribution in [0.1, 0.15) is 21.6 Å². The third-order valence-corrected chi connectivity index (χ3v) is 4.16. The quantitative estimate of drug-likeness (QED) is 0.834. The van der Waals surface area contributed by atoms with E-state index < -0.39 is 35.2 Å². The van der Waals surface area contributed by atoms with Gasteiger partial charge in [-0.05, 0) is 37.6 Å². The lowest BCUT2D eigenvalue weighted by Gasteiger charge is -2.13. The second-order valence-corrected chi connectivity index (χ2v) is 6.73. The Bertz CT molecular complexity index is 846. The lowest BCUT2D eigenvalue weighted by atomic mass is 10.1. The molecule has 0 fully saturated rings. The highest BCUT2D eigenvalue weighted by atomic mass is 32.2. The Morgan fingerprint density at radius 2 is 1.92 bits per heavy atom. The molecule has 136 valence electrons. The summed E-state index contributed by atoms with van der Waals surface area (Å²) in [5.41, 5.74) is 0.436. The topological polar surface area (TPSA) is 64.0 Å². The smallest absolute Gasteiger partial charge is 0.343 e. The molecule has 1 amide bonds. The minimum absolute atomic E-state index is 0.102. The molecule has 2 aromatic rings. The Morgan fingerprint density at radius 3 is 2.44 bits per heavy atom. The van der Waals surface area contributed by atoms with Gasteiger partial charge in [0.15, 0.2) is 0 Å². The van der Waals surface area contributed by atoms with Crippen LogP contribution in [0.4, 0.5) is 17.6 Å². The van der Waals surface area contributed by atoms with E-state index in [2.05, 4.69) is 5.10 Å². The van der Waals surface area contributed by atoms with Crippen molar-refractivity contribution in [3.8, 4) is 5.69 Å². The van der Waals surface area contributed by atoms with Crippen molar-refractivity contribution in [2.75, 3.05) is 12.8 Å². The highest BCUT2D eigenvalue weighted by molar-refractivity contribution is 7.84. The van der Waals surface area contributed by atoms with Crippen molar-refractivity contribution in [3.63, 3.8) is 0 Å². The van der Waals surface area contributed by atoms with Crippen LogP contribution in [0.5, 0.6) is 0 Å². The van der Waals surface area contributed by atoms with Gasteiger partial charge in [0, 0.05) is 17.5 Å². The summed E-state index contributed by atoms with van der Waals surface area (Å²) in [4.78, 5) is 12.0. The van der Waals surface area contributed by atoms with Crippen LogP contribution in [-0.4, -0.2) is 38.9 Å². The molecule has 0 saturated heterocycles. The van der Waals surface area contributed by atoms with Gasteiger partial charge in [-0.3, -0.25) is 9.00 Å². The first-order chi connectivity index (χ1) is 11.5. The van der Waals surface area contributed by atoms with Crippen molar-refractivity contribution in [1.29, 1.82) is 0 Å². The average molecular weight is 377 g/mol. The first kappa shape index (κ1) is 19.1. The number of nitrogens with one attached hydrogen (secondary N) is 1. The van der Waals surface area contributed by atoms with Crippen molar-refractivity contribution < 1.29 is 26.6 Å². The summed E-state index contributed by atoms with van der Waals surface area (Å²) in [5.74, 6) is -1.68. The Labute approximate surface area is 143 Å². The molecular weight excluding hydrogens is 362 g/mol. The number of aryl methyl sites for hydroxylation is 2. The molecule has 0 spiro atoms. The first-order valence-electron chi connectivity index (χ1n) is 7.05. The highest BCUT2D eigenvalue weighted by Crippen LogP contribution is 2.22. The molecule has 0 bridgehead atoms. The van der Waals surface area contributed by atoms with Gasteiger partial charge in [-0.25, -0.2) is 9.07 Å². The summed E-state index contributed by atoms with van der Waals surface area (Å²) in [7, 11) is -1.39. The van der Waals surface area contributed by atoms with Gasteiger partial charge < -0.3 is 5.32 Å². The number of benzene rings is 1. The monoisotopic (exact) mass is 377 g/mol. The fraction of sp³-hybridized carbons (Fsp3) is 0.333. The van der Waals surface area contributed by atoms with E-state index in [1.54, 1.807) is 12.2 Å². The molecule has 0 saturated carbocycles. The van der Waals surface area contributed by atoms with Gasteiger partial charge in [0.25, 0.3) is 5.91 Å². The van der Waals surface area contributed by atoms with Crippen molar-refractivity contribution in [1.82, 2.24) is 15.1 Å². The molecule has 1 heterocycles. The SMILES string of the molecule is Cc1cc(F)c(-n2nc(S(C)=O)cc2C)cc1C(=O)NCC(F)(F)F. The second-order valence-electron chi connectivity index (χ2n) is 5.41. The van der Waals surface area contributed by atoms with Gasteiger partial charge in [0.1, 0.15) is 23.1 Å². The van der Waals surface area contributed by atoms with E-state index in [9.17, 15) is 26.6 Å². The number of carbonyl (C=O) groups excluding carboxylic acids is 1. The third-order valence-electron chi connectivity index (χ3n) is 3.38. The molecule has 2 rings (SSSR count). The Balaban J connectivity index is 2.44.